The van der Waals surface area contributed by atoms with E-state index in [-0.39, 0.29) is 35.6 Å². The quantitative estimate of drug-likeness (QED) is 0.0251. The second-order valence-electron chi connectivity index (χ2n) is 20.7. The molecule has 488 valence electrons. The summed E-state index contributed by atoms with van der Waals surface area (Å²) >= 11 is 0. The number of carboxylic acids is 3. The lowest BCUT2D eigenvalue weighted by Gasteiger charge is -2.26. The van der Waals surface area contributed by atoms with Gasteiger partial charge in [0.05, 0.1) is 49.9 Å². The van der Waals surface area contributed by atoms with Crippen LogP contribution in [0, 0.1) is 11.8 Å². The summed E-state index contributed by atoms with van der Waals surface area (Å²) in [4.78, 5) is 157. The van der Waals surface area contributed by atoms with E-state index in [1.165, 1.54) is 37.4 Å². The fraction of sp³-hybridized carbons (Fsp3) is 0.585. The van der Waals surface area contributed by atoms with Crippen molar-refractivity contribution in [1.82, 2.24) is 46.5 Å². The van der Waals surface area contributed by atoms with E-state index in [2.05, 4.69) is 51.8 Å². The van der Waals surface area contributed by atoms with E-state index in [9.17, 15) is 104 Å². The first kappa shape index (κ1) is 74.0. The van der Waals surface area contributed by atoms with E-state index in [1.807, 2.05) is 0 Å². The van der Waals surface area contributed by atoms with Crippen molar-refractivity contribution in [3.63, 3.8) is 0 Å². The highest BCUT2D eigenvalue weighted by atomic mass is 16.4. The summed E-state index contributed by atoms with van der Waals surface area (Å²) < 4.78 is 0. The molecule has 3 aromatic rings. The minimum absolute atomic E-state index is 0.0149. The molecule has 2 aromatic heterocycles. The Morgan fingerprint density at radius 3 is 1.61 bits per heavy atom. The highest BCUT2D eigenvalue weighted by molar-refractivity contribution is 5.97. The van der Waals surface area contributed by atoms with Crippen molar-refractivity contribution < 1.29 is 114 Å². The smallest absolute Gasteiger partial charge is 0.326 e. The molecule has 1 aromatic carbocycles. The number of carbonyl (C=O) groups is 10. The van der Waals surface area contributed by atoms with Gasteiger partial charge in [-0.25, -0.2) is 14.8 Å². The molecule has 0 bridgehead atoms. The molecule has 0 aliphatic carbocycles. The zero-order chi connectivity index (χ0) is 65.9. The third kappa shape index (κ3) is 25.2. The minimum Gasteiger partial charge on any atom is -0.481 e. The number of aliphatic hydroxyl groups is 10. The van der Waals surface area contributed by atoms with Gasteiger partial charge >= 0.3 is 17.9 Å². The van der Waals surface area contributed by atoms with Gasteiger partial charge in [-0.05, 0) is 63.3 Å². The Morgan fingerprint density at radius 2 is 1.09 bits per heavy atom. The maximum atomic E-state index is 14.2. The highest BCUT2D eigenvalue weighted by Crippen LogP contribution is 2.21. The zero-order valence-corrected chi connectivity index (χ0v) is 47.6. The number of anilines is 2. The number of fused-ring (bicyclic) bond motifs is 1. The Bertz CT molecular complexity index is 2920. The third-order valence-electron chi connectivity index (χ3n) is 13.7. The lowest BCUT2D eigenvalue weighted by Crippen LogP contribution is -2.49. The number of rotatable bonds is 42. The van der Waals surface area contributed by atoms with Gasteiger partial charge in [0, 0.05) is 87.2 Å². The van der Waals surface area contributed by atoms with Gasteiger partial charge < -0.3 is 104 Å². The monoisotopic (exact) mass is 1250 g/mol. The van der Waals surface area contributed by atoms with Crippen LogP contribution in [0.5, 0.6) is 0 Å². The van der Waals surface area contributed by atoms with Gasteiger partial charge in [-0.15, -0.1) is 0 Å². The Kier molecular flexibility index (Phi) is 30.9. The van der Waals surface area contributed by atoms with Gasteiger partial charge in [-0.3, -0.25) is 52.9 Å². The van der Waals surface area contributed by atoms with Gasteiger partial charge in [0.1, 0.15) is 48.4 Å². The Hall–Kier alpha value is -8.26. The van der Waals surface area contributed by atoms with Crippen molar-refractivity contribution in [2.24, 2.45) is 11.8 Å². The summed E-state index contributed by atoms with van der Waals surface area (Å²) in [5, 5.41) is 142. The molecular formula is C53H77N11O24. The van der Waals surface area contributed by atoms with Crippen molar-refractivity contribution in [3.05, 3.63) is 52.1 Å². The molecule has 0 fully saturated rings. The zero-order valence-electron chi connectivity index (χ0n) is 47.6. The molecule has 13 atom stereocenters. The molecule has 5 amide bonds. The number of benzene rings is 1. The first-order valence-corrected chi connectivity index (χ1v) is 27.6. The predicted molar refractivity (Wildman–Crippen MR) is 300 cm³/mol. The minimum atomic E-state index is -2.09. The number of amides is 5. The van der Waals surface area contributed by atoms with Crippen LogP contribution < -0.4 is 43.2 Å². The van der Waals surface area contributed by atoms with E-state index in [4.69, 9.17) is 21.1 Å². The number of hydrogen-bond acceptors (Lipinski definition) is 26. The number of aromatic amines is 1. The first-order valence-electron chi connectivity index (χ1n) is 27.6. The lowest BCUT2D eigenvalue weighted by atomic mass is 9.90. The second-order valence-corrected chi connectivity index (χ2v) is 20.7. The molecule has 0 aliphatic rings. The lowest BCUT2D eigenvalue weighted by molar-refractivity contribution is -0.140. The van der Waals surface area contributed by atoms with Crippen LogP contribution in [0.2, 0.25) is 0 Å². The van der Waals surface area contributed by atoms with Gasteiger partial charge in [-0.1, -0.05) is 0 Å². The number of hydrogen-bond donors (Lipinski definition) is 21. The summed E-state index contributed by atoms with van der Waals surface area (Å²) in [6.45, 7) is -1.97. The number of ketones is 2. The standard InChI is InChI=1S/C53H77N11O24/c1-24(2-14-40(75)76)59-49(84)27(6-13-39(74)57-21-35(70)44(80)46(82)37(72)23-66)17-33(68)31(11-15-41(77)78)61-50(85)26(5-12-38(73)56-20-34(69)43(79)45(81)36(71)22-65)16-30(67)9-10-32(52(87)88)62-48(83)25-3-7-28(8-4-25)55-18-29-19-58-47-42(60-29)51(86)64-53(54)63-47/h3-4,7-8,19,24,26-27,31-32,34-37,43-46,55,65-66,69-72,79-82H,2,5-6,9-18,20-23H2,1H3,(H,56,73)(H,57,74)(H,59,84)(H,61,85)(H,62,83)(H,75,76)(H,77,78)(H,87,88)(H3,54,58,63,64,86)/t24-,26-,27-,31+,32+,34+,35+,36-,37-,43-,44-,45-,46-/m1/s1. The van der Waals surface area contributed by atoms with Gasteiger partial charge in [0.15, 0.2) is 16.9 Å². The maximum Gasteiger partial charge on any atom is 0.326 e. The van der Waals surface area contributed by atoms with E-state index < -0.39 is 240 Å². The number of H-pyrrole nitrogens is 1. The molecule has 0 unspecified atom stereocenters. The molecule has 22 N–H and O–H groups in total. The SMILES string of the molecule is C[C@H](CCC(=O)O)NC(=O)[C@H](CCC(=O)NC[C@H](O)[C@@H](O)[C@H](O)[C@H](O)CO)CC(=O)[C@H](CCC(=O)O)NC(=O)[C@H](CCC(=O)NC[C@H](O)[C@@H](O)[C@H](O)[C@H](O)CO)CC(=O)CC[C@H](NC(=O)c1ccc(NCc2cnc3nc(N)[nH]c(=O)c3n2)cc1)C(=O)O. The first-order chi connectivity index (χ1) is 41.4. The Balaban J connectivity index is 1.83. The number of nitrogens with two attached hydrogens (primary N) is 1. The van der Waals surface area contributed by atoms with E-state index >= 15 is 0 Å². The summed E-state index contributed by atoms with van der Waals surface area (Å²) in [5.41, 5.74) is 5.70. The molecule has 2 heterocycles. The topological polar surface area (TPSA) is 603 Å². The number of aliphatic carboxylic acids is 3. The summed E-state index contributed by atoms with van der Waals surface area (Å²) in [7, 11) is 0. The van der Waals surface area contributed by atoms with Crippen LogP contribution in [0.25, 0.3) is 11.2 Å². The predicted octanol–water partition coefficient (Wildman–Crippen LogP) is -6.59. The number of aromatic nitrogens is 4. The summed E-state index contributed by atoms with van der Waals surface area (Å²) in [5.74, 6) is -14.0. The molecule has 0 saturated carbocycles. The van der Waals surface area contributed by atoms with Crippen molar-refractivity contribution in [1.29, 1.82) is 0 Å². The number of carboxylic acid groups (broad SMARTS) is 3. The molecule has 0 spiro atoms. The number of nitrogens with one attached hydrogen (secondary N) is 7. The van der Waals surface area contributed by atoms with E-state index in [0.29, 0.717) is 11.4 Å². The van der Waals surface area contributed by atoms with Crippen LogP contribution in [0.3, 0.4) is 0 Å². The number of Topliss-reactive ketones (excluding diaryl/α,β-unsaturated/α-hetero) is 2. The number of aliphatic hydroxyl groups excluding tert-OH is 10. The molecule has 35 nitrogen and oxygen atoms in total. The maximum absolute atomic E-state index is 14.2. The Labute approximate surface area is 500 Å². The third-order valence-corrected chi connectivity index (χ3v) is 13.7. The molecule has 0 saturated heterocycles. The molecular weight excluding hydrogens is 1170 g/mol. The Morgan fingerprint density at radius 1 is 0.591 bits per heavy atom. The molecule has 88 heavy (non-hydrogen) atoms. The molecule has 0 aliphatic heterocycles. The van der Waals surface area contributed by atoms with Gasteiger partial charge in [0.25, 0.3) is 11.5 Å². The van der Waals surface area contributed by atoms with E-state index in [0.717, 1.165) is 0 Å². The number of nitrogens with zero attached hydrogens (tertiary/aromatic N) is 3. The average molecular weight is 1250 g/mol. The van der Waals surface area contributed by atoms with Crippen molar-refractivity contribution in [3.8, 4) is 0 Å². The molecule has 0 radical (unpaired) electrons. The van der Waals surface area contributed by atoms with Crippen LogP contribution in [0.4, 0.5) is 11.6 Å². The fourth-order valence-corrected chi connectivity index (χ4v) is 8.44. The molecule has 35 heteroatoms. The van der Waals surface area contributed by atoms with Crippen molar-refractivity contribution in [2.45, 2.75) is 157 Å². The summed E-state index contributed by atoms with van der Waals surface area (Å²) in [6.07, 6.45) is -21.4. The molecule has 3 rings (SSSR count). The number of carbonyl (C=O) groups excluding carboxylic acids is 7. The average Bonchev–Trinajstić information content (AvgIpc) is 3.45. The normalized spacial score (nSPS) is 15.9. The van der Waals surface area contributed by atoms with Crippen LogP contribution >= 0.6 is 0 Å². The van der Waals surface area contributed by atoms with Crippen molar-refractivity contribution >= 4 is 81.8 Å². The summed E-state index contributed by atoms with van der Waals surface area (Å²) in [6, 6.07) is 1.36. The highest BCUT2D eigenvalue weighted by Gasteiger charge is 2.35. The van der Waals surface area contributed by atoms with Crippen LogP contribution in [0.1, 0.15) is 100 Å². The van der Waals surface area contributed by atoms with Crippen LogP contribution in [-0.2, 0) is 49.7 Å². The van der Waals surface area contributed by atoms with Crippen molar-refractivity contribution in [2.75, 3.05) is 37.4 Å². The van der Waals surface area contributed by atoms with Gasteiger partial charge in [0.2, 0.25) is 29.6 Å². The van der Waals surface area contributed by atoms with Crippen LogP contribution in [0.15, 0.2) is 35.3 Å². The number of nitrogen functional groups attached to an aromatic ring is 1. The van der Waals surface area contributed by atoms with Gasteiger partial charge in [-0.2, -0.15) is 4.98 Å². The second kappa shape index (κ2) is 36.8. The van der Waals surface area contributed by atoms with Crippen LogP contribution in [-0.4, -0.2) is 239 Å². The fourth-order valence-electron chi connectivity index (χ4n) is 8.44. The largest absolute Gasteiger partial charge is 0.481 e. The van der Waals surface area contributed by atoms with E-state index in [1.54, 1.807) is 0 Å².